The summed E-state index contributed by atoms with van der Waals surface area (Å²) < 4.78 is 0. The summed E-state index contributed by atoms with van der Waals surface area (Å²) >= 11 is 6.01. The van der Waals surface area contributed by atoms with Crippen LogP contribution in [0.4, 0.5) is 0 Å². The first-order valence-corrected chi connectivity index (χ1v) is 5.23. The molecule has 15 heavy (non-hydrogen) atoms. The van der Waals surface area contributed by atoms with E-state index in [2.05, 4.69) is 4.98 Å². The average molecular weight is 222 g/mol. The van der Waals surface area contributed by atoms with Gasteiger partial charge in [0.25, 0.3) is 0 Å². The first-order valence-electron chi connectivity index (χ1n) is 4.85. The quantitative estimate of drug-likeness (QED) is 0.771. The molecule has 0 saturated heterocycles. The van der Waals surface area contributed by atoms with Crippen molar-refractivity contribution < 1.29 is 0 Å². The predicted octanol–water partition coefficient (Wildman–Crippen LogP) is 2.46. The van der Waals surface area contributed by atoms with Crippen LogP contribution < -0.4 is 5.73 Å². The summed E-state index contributed by atoms with van der Waals surface area (Å²) in [5.41, 5.74) is 7.97. The lowest BCUT2D eigenvalue weighted by atomic mass is 10.1. The molecule has 0 aliphatic heterocycles. The topological polar surface area (TPSA) is 62.8 Å². The van der Waals surface area contributed by atoms with E-state index < -0.39 is 0 Å². The number of nitrogens with two attached hydrogens (primary N) is 1. The van der Waals surface area contributed by atoms with Gasteiger partial charge in [0.1, 0.15) is 0 Å². The largest absolute Gasteiger partial charge is 0.401 e. The summed E-state index contributed by atoms with van der Waals surface area (Å²) in [6.07, 6.45) is 5.11. The van der Waals surface area contributed by atoms with Crippen LogP contribution >= 0.6 is 11.6 Å². The summed E-state index contributed by atoms with van der Waals surface area (Å²) in [6, 6.07) is 3.52. The minimum atomic E-state index is 0.416. The fraction of sp³-hybridized carbons (Fsp3) is 0.273. The van der Waals surface area contributed by atoms with E-state index >= 15 is 0 Å². The number of allylic oxidation sites excluding steroid dienone is 2. The Balaban J connectivity index is 2.47. The van der Waals surface area contributed by atoms with E-state index in [-0.39, 0.29) is 0 Å². The summed E-state index contributed by atoms with van der Waals surface area (Å²) in [4.78, 5) is 4.16. The van der Waals surface area contributed by atoms with Gasteiger partial charge in [-0.05, 0) is 30.9 Å². The molecule has 0 amide bonds. The maximum absolute atomic E-state index is 7.38. The third-order valence-electron chi connectivity index (χ3n) is 2.49. The molecule has 0 spiro atoms. The molecular weight excluding hydrogens is 210 g/mol. The van der Waals surface area contributed by atoms with Crippen LogP contribution in [-0.2, 0) is 0 Å². The normalized spacial score (nSPS) is 17.1. The minimum absolute atomic E-state index is 0.416. The first kappa shape index (κ1) is 10.2. The SMILES string of the molecule is N=CC(=C(N)C1CC1)c1ncccc1Cl. The lowest BCUT2D eigenvalue weighted by Crippen LogP contribution is -2.06. The predicted molar refractivity (Wildman–Crippen MR) is 61.9 cm³/mol. The zero-order chi connectivity index (χ0) is 10.8. The van der Waals surface area contributed by atoms with Crippen LogP contribution in [0.1, 0.15) is 18.5 Å². The zero-order valence-corrected chi connectivity index (χ0v) is 8.96. The third-order valence-corrected chi connectivity index (χ3v) is 2.79. The van der Waals surface area contributed by atoms with Gasteiger partial charge in [0, 0.05) is 23.7 Å². The van der Waals surface area contributed by atoms with Crippen LogP contribution in [0.5, 0.6) is 0 Å². The molecule has 3 N–H and O–H groups in total. The average Bonchev–Trinajstić information content (AvgIpc) is 3.05. The number of nitrogens with one attached hydrogen (secondary N) is 1. The molecule has 1 aliphatic rings. The van der Waals surface area contributed by atoms with Crippen molar-refractivity contribution in [3.63, 3.8) is 0 Å². The van der Waals surface area contributed by atoms with E-state index in [4.69, 9.17) is 22.7 Å². The highest BCUT2D eigenvalue weighted by atomic mass is 35.5. The van der Waals surface area contributed by atoms with Gasteiger partial charge in [-0.15, -0.1) is 0 Å². The van der Waals surface area contributed by atoms with Gasteiger partial charge in [-0.25, -0.2) is 0 Å². The Labute approximate surface area is 93.5 Å². The molecule has 3 nitrogen and oxygen atoms in total. The number of pyridine rings is 1. The molecule has 0 atom stereocenters. The van der Waals surface area contributed by atoms with Gasteiger partial charge in [-0.1, -0.05) is 11.6 Å². The van der Waals surface area contributed by atoms with Crippen LogP contribution in [0.2, 0.25) is 5.02 Å². The Hall–Kier alpha value is -1.35. The van der Waals surface area contributed by atoms with Crippen molar-refractivity contribution in [2.24, 2.45) is 11.7 Å². The van der Waals surface area contributed by atoms with Crippen molar-refractivity contribution in [2.45, 2.75) is 12.8 Å². The van der Waals surface area contributed by atoms with Crippen molar-refractivity contribution in [2.75, 3.05) is 0 Å². The Bertz CT molecular complexity index is 422. The van der Waals surface area contributed by atoms with E-state index in [0.29, 0.717) is 22.2 Å². The van der Waals surface area contributed by atoms with Crippen molar-refractivity contribution in [1.82, 2.24) is 4.98 Å². The smallest absolute Gasteiger partial charge is 0.0920 e. The molecule has 1 aliphatic carbocycles. The van der Waals surface area contributed by atoms with Crippen molar-refractivity contribution in [3.05, 3.63) is 34.7 Å². The summed E-state index contributed by atoms with van der Waals surface area (Å²) in [5, 5.41) is 7.93. The van der Waals surface area contributed by atoms with Crippen LogP contribution in [0, 0.1) is 11.3 Å². The molecule has 1 aromatic rings. The van der Waals surface area contributed by atoms with E-state index in [1.165, 1.54) is 6.21 Å². The molecule has 1 fully saturated rings. The van der Waals surface area contributed by atoms with Crippen molar-refractivity contribution in [1.29, 1.82) is 5.41 Å². The molecule has 0 bridgehead atoms. The van der Waals surface area contributed by atoms with E-state index in [1.807, 2.05) is 0 Å². The molecule has 0 unspecified atom stereocenters. The monoisotopic (exact) mass is 221 g/mol. The molecule has 2 rings (SSSR count). The Morgan fingerprint density at radius 3 is 2.87 bits per heavy atom. The Morgan fingerprint density at radius 1 is 1.60 bits per heavy atom. The highest BCUT2D eigenvalue weighted by Gasteiger charge is 2.27. The van der Waals surface area contributed by atoms with Crippen LogP contribution in [-0.4, -0.2) is 11.2 Å². The fourth-order valence-corrected chi connectivity index (χ4v) is 1.71. The zero-order valence-electron chi connectivity index (χ0n) is 8.20. The second-order valence-electron chi connectivity index (χ2n) is 3.62. The highest BCUT2D eigenvalue weighted by molar-refractivity contribution is 6.33. The number of hydrogen-bond acceptors (Lipinski definition) is 3. The van der Waals surface area contributed by atoms with Gasteiger partial charge in [0.05, 0.1) is 10.7 Å². The number of hydrogen-bond donors (Lipinski definition) is 2. The number of aromatic nitrogens is 1. The van der Waals surface area contributed by atoms with E-state index in [9.17, 15) is 0 Å². The van der Waals surface area contributed by atoms with Gasteiger partial charge in [-0.2, -0.15) is 0 Å². The Kier molecular flexibility index (Phi) is 2.73. The third kappa shape index (κ3) is 2.02. The lowest BCUT2D eigenvalue weighted by Gasteiger charge is -2.07. The molecule has 0 aromatic carbocycles. The fourth-order valence-electron chi connectivity index (χ4n) is 1.49. The van der Waals surface area contributed by atoms with Crippen LogP contribution in [0.3, 0.4) is 0 Å². The van der Waals surface area contributed by atoms with E-state index in [1.54, 1.807) is 18.3 Å². The van der Waals surface area contributed by atoms with Gasteiger partial charge in [0.2, 0.25) is 0 Å². The second kappa shape index (κ2) is 4.03. The van der Waals surface area contributed by atoms with Gasteiger partial charge < -0.3 is 11.1 Å². The number of nitrogens with zero attached hydrogens (tertiary/aromatic N) is 1. The van der Waals surface area contributed by atoms with Crippen LogP contribution in [0.15, 0.2) is 24.0 Å². The molecule has 1 heterocycles. The first-order chi connectivity index (χ1) is 7.24. The molecule has 4 heteroatoms. The number of halogens is 1. The number of rotatable bonds is 3. The summed E-state index contributed by atoms with van der Waals surface area (Å²) in [6.45, 7) is 0. The van der Waals surface area contributed by atoms with Crippen molar-refractivity contribution >= 4 is 23.4 Å². The van der Waals surface area contributed by atoms with Gasteiger partial charge in [0.15, 0.2) is 0 Å². The maximum Gasteiger partial charge on any atom is 0.0920 e. The molecule has 78 valence electrons. The standard InChI is InChI=1S/C11H12ClN3/c12-9-2-1-5-15-11(9)8(6-13)10(14)7-3-4-7/h1-2,5-7,13H,3-4,14H2. The highest BCUT2D eigenvalue weighted by Crippen LogP contribution is 2.37. The van der Waals surface area contributed by atoms with Crippen molar-refractivity contribution in [3.8, 4) is 0 Å². The van der Waals surface area contributed by atoms with Gasteiger partial charge >= 0.3 is 0 Å². The summed E-state index contributed by atoms with van der Waals surface area (Å²) in [7, 11) is 0. The maximum atomic E-state index is 7.38. The summed E-state index contributed by atoms with van der Waals surface area (Å²) in [5.74, 6) is 0.416. The molecule has 0 radical (unpaired) electrons. The minimum Gasteiger partial charge on any atom is -0.401 e. The lowest BCUT2D eigenvalue weighted by molar-refractivity contribution is 0.986. The van der Waals surface area contributed by atoms with Gasteiger partial charge in [-0.3, -0.25) is 4.98 Å². The Morgan fingerprint density at radius 2 is 2.33 bits per heavy atom. The second-order valence-corrected chi connectivity index (χ2v) is 4.03. The molecular formula is C11H12ClN3. The van der Waals surface area contributed by atoms with Crippen LogP contribution in [0.25, 0.3) is 5.57 Å². The van der Waals surface area contributed by atoms with E-state index in [0.717, 1.165) is 18.5 Å². The molecule has 1 saturated carbocycles. The molecule has 1 aromatic heterocycles.